The highest BCUT2D eigenvalue weighted by molar-refractivity contribution is 7.47. The van der Waals surface area contributed by atoms with Crippen LogP contribution in [0, 0.1) is 0 Å². The van der Waals surface area contributed by atoms with Crippen molar-refractivity contribution in [3.8, 4) is 0 Å². The Labute approximate surface area is 515 Å². The summed E-state index contributed by atoms with van der Waals surface area (Å²) in [6.45, 7) is 3.71. The number of allylic oxidation sites excluding steroid dienone is 8. The molecule has 0 saturated heterocycles. The molecule has 0 aliphatic rings. The van der Waals surface area contributed by atoms with Crippen LogP contribution in [0.5, 0.6) is 0 Å². The largest absolute Gasteiger partial charge is 0.472 e. The van der Waals surface area contributed by atoms with E-state index in [2.05, 4.69) is 62.5 Å². The van der Waals surface area contributed by atoms with Crippen LogP contribution in [-0.4, -0.2) is 49.3 Å². The van der Waals surface area contributed by atoms with Crippen LogP contribution in [0.1, 0.15) is 373 Å². The van der Waals surface area contributed by atoms with Gasteiger partial charge < -0.3 is 20.1 Å². The van der Waals surface area contributed by atoms with Gasteiger partial charge in [-0.1, -0.05) is 358 Å². The van der Waals surface area contributed by atoms with Gasteiger partial charge in [0.05, 0.1) is 13.2 Å². The van der Waals surface area contributed by atoms with Gasteiger partial charge in [-0.05, 0) is 51.4 Å². The molecule has 0 aliphatic carbocycles. The van der Waals surface area contributed by atoms with E-state index in [1.165, 1.54) is 283 Å². The van der Waals surface area contributed by atoms with E-state index >= 15 is 0 Å². The van der Waals surface area contributed by atoms with E-state index in [-0.39, 0.29) is 38.6 Å². The predicted octanol–water partition coefficient (Wildman–Crippen LogP) is 23.6. The van der Waals surface area contributed by atoms with Crippen LogP contribution in [0.15, 0.2) is 48.6 Å². The Morgan fingerprint density at radius 2 is 0.663 bits per heavy atom. The third kappa shape index (κ3) is 68.9. The molecular weight excluding hydrogens is 1050 g/mol. The van der Waals surface area contributed by atoms with Crippen LogP contribution in [0.4, 0.5) is 0 Å². The maximum atomic E-state index is 12.8. The number of carbonyl (C=O) groups is 2. The summed E-state index contributed by atoms with van der Waals surface area (Å²) in [6.07, 6.45) is 88.0. The van der Waals surface area contributed by atoms with Gasteiger partial charge in [0.25, 0.3) is 0 Å². The van der Waals surface area contributed by atoms with Crippen molar-refractivity contribution in [3.63, 3.8) is 0 Å². The van der Waals surface area contributed by atoms with Crippen LogP contribution < -0.4 is 5.73 Å². The second-order valence-corrected chi connectivity index (χ2v) is 25.9. The van der Waals surface area contributed by atoms with E-state index in [0.717, 1.165) is 57.8 Å². The number of ether oxygens (including phenoxy) is 2. The molecule has 0 saturated carbocycles. The lowest BCUT2D eigenvalue weighted by atomic mass is 10.0. The Kier molecular flexibility index (Phi) is 67.4. The summed E-state index contributed by atoms with van der Waals surface area (Å²) in [5, 5.41) is 0. The van der Waals surface area contributed by atoms with Crippen LogP contribution in [-0.2, 0) is 32.7 Å². The number of unbranched alkanes of at least 4 members (excludes halogenated alkanes) is 48. The van der Waals surface area contributed by atoms with Crippen molar-refractivity contribution in [2.75, 3.05) is 26.4 Å². The normalized spacial score (nSPS) is 13.2. The maximum absolute atomic E-state index is 12.8. The van der Waals surface area contributed by atoms with Gasteiger partial charge in [0.2, 0.25) is 0 Å². The Morgan fingerprint density at radius 3 is 0.988 bits per heavy atom. The third-order valence-corrected chi connectivity index (χ3v) is 17.2. The van der Waals surface area contributed by atoms with Crippen LogP contribution in [0.25, 0.3) is 0 Å². The zero-order chi connectivity index (χ0) is 60.1. The number of hydrogen-bond donors (Lipinski definition) is 2. The summed E-state index contributed by atoms with van der Waals surface area (Å²) < 4.78 is 33.2. The number of phosphoric acid groups is 1. The van der Waals surface area contributed by atoms with Gasteiger partial charge in [0.15, 0.2) is 6.10 Å². The van der Waals surface area contributed by atoms with Crippen LogP contribution in [0.2, 0.25) is 0 Å². The second-order valence-electron chi connectivity index (χ2n) is 24.4. The van der Waals surface area contributed by atoms with Gasteiger partial charge in [0, 0.05) is 19.4 Å². The zero-order valence-corrected chi connectivity index (χ0v) is 55.8. The van der Waals surface area contributed by atoms with Crippen molar-refractivity contribution in [1.82, 2.24) is 0 Å². The first kappa shape index (κ1) is 81.0. The van der Waals surface area contributed by atoms with E-state index in [4.69, 9.17) is 24.3 Å². The van der Waals surface area contributed by atoms with Gasteiger partial charge in [0.1, 0.15) is 6.61 Å². The molecule has 2 unspecified atom stereocenters. The molecule has 488 valence electrons. The van der Waals surface area contributed by atoms with Crippen molar-refractivity contribution < 1.29 is 37.6 Å². The highest BCUT2D eigenvalue weighted by Crippen LogP contribution is 2.43. The molecule has 0 spiro atoms. The molecule has 0 bridgehead atoms. The Hall–Kier alpha value is -2.03. The third-order valence-electron chi connectivity index (χ3n) is 16.2. The fourth-order valence-corrected chi connectivity index (χ4v) is 11.7. The molecule has 0 aromatic rings. The zero-order valence-electron chi connectivity index (χ0n) is 55.0. The number of rotatable bonds is 69. The molecule has 0 fully saturated rings. The fourth-order valence-electron chi connectivity index (χ4n) is 10.9. The van der Waals surface area contributed by atoms with Crippen molar-refractivity contribution >= 4 is 19.8 Å². The molecule has 0 heterocycles. The molecule has 0 rings (SSSR count). The average Bonchev–Trinajstić information content (AvgIpc) is 3.48. The molecule has 0 aromatic heterocycles. The molecule has 2 atom stereocenters. The molecule has 10 heteroatoms. The lowest BCUT2D eigenvalue weighted by Crippen LogP contribution is -2.29. The molecular formula is C73H138NO8P. The van der Waals surface area contributed by atoms with E-state index in [9.17, 15) is 19.0 Å². The number of nitrogens with two attached hydrogens (primary N) is 1. The summed E-state index contributed by atoms with van der Waals surface area (Å²) >= 11 is 0. The number of hydrogen-bond acceptors (Lipinski definition) is 8. The van der Waals surface area contributed by atoms with Crippen LogP contribution >= 0.6 is 7.82 Å². The summed E-state index contributed by atoms with van der Waals surface area (Å²) in [4.78, 5) is 35.4. The molecule has 0 aromatic carbocycles. The standard InChI is InChI=1S/C73H138NO8P/c1-3-5-7-9-11-13-15-17-19-21-23-25-27-29-31-32-33-34-35-36-37-38-40-42-44-46-48-50-52-54-56-58-60-62-64-66-73(76)82-71(70-81-83(77,78)80-68-67-74)69-79-72(75)65-63-61-59-57-55-53-51-49-47-45-43-41-39-30-28-26-24-22-20-18-16-14-12-10-8-6-4-2/h5,7,11,13,17,19,23,25,71H,3-4,6,8-10,12,14-16,18,20-22,24,26-70,74H2,1-2H3,(H,77,78)/b7-5-,13-11-,19-17-,25-23-. The second kappa shape index (κ2) is 69.1. The Morgan fingerprint density at radius 1 is 0.373 bits per heavy atom. The summed E-state index contributed by atoms with van der Waals surface area (Å²) in [5.74, 6) is -0.803. The Bertz CT molecular complexity index is 1500. The minimum absolute atomic E-state index is 0.0562. The predicted molar refractivity (Wildman–Crippen MR) is 358 cm³/mol. The number of esters is 2. The summed E-state index contributed by atoms with van der Waals surface area (Å²) in [5.41, 5.74) is 5.41. The first-order valence-corrected chi connectivity index (χ1v) is 37.6. The van der Waals surface area contributed by atoms with Crippen LogP contribution in [0.3, 0.4) is 0 Å². The highest BCUT2D eigenvalue weighted by Gasteiger charge is 2.26. The molecule has 0 aliphatic heterocycles. The van der Waals surface area contributed by atoms with Crippen molar-refractivity contribution in [2.45, 2.75) is 380 Å². The van der Waals surface area contributed by atoms with Crippen molar-refractivity contribution in [2.24, 2.45) is 5.73 Å². The fraction of sp³-hybridized carbons (Fsp3) is 0.863. The first-order valence-electron chi connectivity index (χ1n) is 36.1. The molecule has 83 heavy (non-hydrogen) atoms. The topological polar surface area (TPSA) is 134 Å². The molecule has 0 amide bonds. The minimum atomic E-state index is -4.39. The van der Waals surface area contributed by atoms with Gasteiger partial charge in [-0.25, -0.2) is 4.57 Å². The van der Waals surface area contributed by atoms with E-state index < -0.39 is 26.5 Å². The van der Waals surface area contributed by atoms with Gasteiger partial charge in [-0.3, -0.25) is 18.6 Å². The molecule has 0 radical (unpaired) electrons. The lowest BCUT2D eigenvalue weighted by molar-refractivity contribution is -0.161. The van der Waals surface area contributed by atoms with E-state index in [0.29, 0.717) is 6.42 Å². The van der Waals surface area contributed by atoms with E-state index in [1.54, 1.807) is 0 Å². The van der Waals surface area contributed by atoms with Gasteiger partial charge in [-0.2, -0.15) is 0 Å². The number of carbonyl (C=O) groups excluding carboxylic acids is 2. The van der Waals surface area contributed by atoms with Crippen molar-refractivity contribution in [3.05, 3.63) is 48.6 Å². The van der Waals surface area contributed by atoms with E-state index in [1.807, 2.05) is 0 Å². The maximum Gasteiger partial charge on any atom is 0.472 e. The average molecular weight is 1190 g/mol. The molecule has 3 N–H and O–H groups in total. The minimum Gasteiger partial charge on any atom is -0.462 e. The lowest BCUT2D eigenvalue weighted by Gasteiger charge is -2.19. The Balaban J connectivity index is 3.79. The van der Waals surface area contributed by atoms with Crippen molar-refractivity contribution in [1.29, 1.82) is 0 Å². The molecule has 9 nitrogen and oxygen atoms in total. The summed E-state index contributed by atoms with van der Waals surface area (Å²) in [6, 6.07) is 0. The smallest absolute Gasteiger partial charge is 0.462 e. The monoisotopic (exact) mass is 1190 g/mol. The highest BCUT2D eigenvalue weighted by atomic mass is 31.2. The first-order chi connectivity index (χ1) is 40.8. The SMILES string of the molecule is CC/C=C\C/C=C\C/C=C\C/C=C\CCCCCCCCCCCCCCCCCCCCCCCCC(=O)OC(COC(=O)CCCCCCCCCCCCCCCCCCCCCCCCCCCCC)COP(=O)(O)OCCN. The van der Waals surface area contributed by atoms with Gasteiger partial charge >= 0.3 is 19.8 Å². The number of phosphoric ester groups is 1. The van der Waals surface area contributed by atoms with Gasteiger partial charge in [-0.15, -0.1) is 0 Å². The quantitative estimate of drug-likeness (QED) is 0.0264. The summed E-state index contributed by atoms with van der Waals surface area (Å²) in [7, 11) is -4.39.